The van der Waals surface area contributed by atoms with Crippen molar-refractivity contribution in [1.82, 2.24) is 14.5 Å². The lowest BCUT2D eigenvalue weighted by Crippen LogP contribution is -2.41. The summed E-state index contributed by atoms with van der Waals surface area (Å²) in [6.45, 7) is 5.02. The minimum atomic E-state index is -0.189. The second-order valence-electron chi connectivity index (χ2n) is 8.78. The Morgan fingerprint density at radius 2 is 1.75 bits per heavy atom. The number of imidazole rings is 1. The molecule has 0 bridgehead atoms. The summed E-state index contributed by atoms with van der Waals surface area (Å²) in [5.41, 5.74) is 2.34. The average molecular weight is 495 g/mol. The van der Waals surface area contributed by atoms with Gasteiger partial charge in [0.15, 0.2) is 0 Å². The third-order valence-corrected chi connectivity index (χ3v) is 6.52. The van der Waals surface area contributed by atoms with Crippen LogP contribution in [0.15, 0.2) is 42.5 Å². The Morgan fingerprint density at radius 1 is 1.06 bits per heavy atom. The van der Waals surface area contributed by atoms with Crippen molar-refractivity contribution in [1.29, 1.82) is 0 Å². The molecule has 2 amide bonds. The first-order valence-electron chi connectivity index (χ1n) is 12.4. The first kappa shape index (κ1) is 25.5. The Kier molecular flexibility index (Phi) is 8.43. The van der Waals surface area contributed by atoms with Gasteiger partial charge in [0.25, 0.3) is 5.91 Å². The smallest absolute Gasteiger partial charge is 0.254 e. The molecule has 1 aliphatic heterocycles. The number of hydrogen-bond donors (Lipinski definition) is 1. The van der Waals surface area contributed by atoms with Crippen molar-refractivity contribution in [2.24, 2.45) is 5.92 Å². The van der Waals surface area contributed by atoms with Crippen molar-refractivity contribution < 1.29 is 23.8 Å². The molecular formula is C27H34N4O5. The maximum atomic E-state index is 13.2. The van der Waals surface area contributed by atoms with Crippen LogP contribution >= 0.6 is 0 Å². The van der Waals surface area contributed by atoms with Crippen LogP contribution in [0.2, 0.25) is 0 Å². The number of piperidine rings is 1. The molecule has 9 nitrogen and oxygen atoms in total. The van der Waals surface area contributed by atoms with E-state index >= 15 is 0 Å². The second-order valence-corrected chi connectivity index (χ2v) is 8.78. The van der Waals surface area contributed by atoms with Crippen molar-refractivity contribution in [3.63, 3.8) is 0 Å². The lowest BCUT2D eigenvalue weighted by Gasteiger charge is -2.31. The zero-order valence-corrected chi connectivity index (χ0v) is 21.2. The molecule has 192 valence electrons. The van der Waals surface area contributed by atoms with E-state index in [1.165, 1.54) is 0 Å². The van der Waals surface area contributed by atoms with E-state index in [-0.39, 0.29) is 17.7 Å². The molecule has 0 spiro atoms. The van der Waals surface area contributed by atoms with Crippen LogP contribution < -0.4 is 14.8 Å². The van der Waals surface area contributed by atoms with Gasteiger partial charge >= 0.3 is 0 Å². The molecule has 0 atom stereocenters. The van der Waals surface area contributed by atoms with E-state index in [4.69, 9.17) is 14.2 Å². The van der Waals surface area contributed by atoms with Crippen LogP contribution in [0, 0.1) is 5.92 Å². The summed E-state index contributed by atoms with van der Waals surface area (Å²) in [5.74, 6) is 1.34. The molecular weight excluding hydrogens is 460 g/mol. The number of hydrogen-bond acceptors (Lipinski definition) is 6. The van der Waals surface area contributed by atoms with E-state index in [1.807, 2.05) is 35.8 Å². The van der Waals surface area contributed by atoms with E-state index in [1.54, 1.807) is 37.3 Å². The van der Waals surface area contributed by atoms with Gasteiger partial charge in [-0.1, -0.05) is 12.1 Å². The topological polar surface area (TPSA) is 94.9 Å². The maximum Gasteiger partial charge on any atom is 0.254 e. The highest BCUT2D eigenvalue weighted by molar-refractivity contribution is 5.96. The van der Waals surface area contributed by atoms with Crippen LogP contribution in [0.25, 0.3) is 11.0 Å². The molecule has 2 heterocycles. The van der Waals surface area contributed by atoms with E-state index in [0.29, 0.717) is 68.7 Å². The first-order valence-corrected chi connectivity index (χ1v) is 12.4. The van der Waals surface area contributed by atoms with Gasteiger partial charge in [-0.3, -0.25) is 14.9 Å². The molecule has 0 aliphatic carbocycles. The average Bonchev–Trinajstić information content (AvgIpc) is 3.27. The van der Waals surface area contributed by atoms with Crippen molar-refractivity contribution in [3.8, 4) is 11.5 Å². The number of amides is 2. The molecule has 36 heavy (non-hydrogen) atoms. The van der Waals surface area contributed by atoms with Crippen LogP contribution in [0.3, 0.4) is 0 Å². The third kappa shape index (κ3) is 5.79. The van der Waals surface area contributed by atoms with Gasteiger partial charge < -0.3 is 23.7 Å². The number of likely N-dealkylation sites (tertiary alicyclic amines) is 1. The van der Waals surface area contributed by atoms with Crippen LogP contribution in [-0.4, -0.2) is 66.8 Å². The van der Waals surface area contributed by atoms with Crippen molar-refractivity contribution in [3.05, 3.63) is 48.0 Å². The number of ether oxygens (including phenoxy) is 3. The standard InChI is InChI=1S/C27H34N4O5/c1-4-36-15-7-12-31-24-9-6-5-8-23(24)28-27(31)29-25(32)19-10-13-30(14-11-19)26(33)20-16-21(34-2)18-22(17-20)35-3/h5-6,8-9,16-19H,4,7,10-15H2,1-3H3,(H,28,29,32). The third-order valence-electron chi connectivity index (χ3n) is 6.52. The molecule has 1 saturated heterocycles. The number of methoxy groups -OCH3 is 2. The van der Waals surface area contributed by atoms with Crippen LogP contribution in [0.5, 0.6) is 11.5 Å². The summed E-state index contributed by atoms with van der Waals surface area (Å²) in [7, 11) is 3.11. The monoisotopic (exact) mass is 494 g/mol. The Balaban J connectivity index is 1.40. The number of nitrogens with zero attached hydrogens (tertiary/aromatic N) is 3. The number of aryl methyl sites for hydroxylation is 1. The number of carbonyl (C=O) groups is 2. The summed E-state index contributed by atoms with van der Waals surface area (Å²) in [5, 5.41) is 3.05. The molecule has 9 heteroatoms. The number of benzene rings is 2. The summed E-state index contributed by atoms with van der Waals surface area (Å²) < 4.78 is 18.1. The minimum absolute atomic E-state index is 0.0634. The van der Waals surface area contributed by atoms with E-state index < -0.39 is 0 Å². The van der Waals surface area contributed by atoms with Crippen molar-refractivity contribution in [2.75, 3.05) is 45.8 Å². The Bertz CT molecular complexity index is 1180. The van der Waals surface area contributed by atoms with Gasteiger partial charge in [-0.15, -0.1) is 0 Å². The second kappa shape index (κ2) is 11.9. The summed E-state index contributed by atoms with van der Waals surface area (Å²) in [6, 6.07) is 13.0. The Morgan fingerprint density at radius 3 is 2.42 bits per heavy atom. The van der Waals surface area contributed by atoms with Crippen LogP contribution in [0.1, 0.15) is 36.5 Å². The summed E-state index contributed by atoms with van der Waals surface area (Å²) >= 11 is 0. The summed E-state index contributed by atoms with van der Waals surface area (Å²) in [4.78, 5) is 32.7. The maximum absolute atomic E-state index is 13.2. The largest absolute Gasteiger partial charge is 0.497 e. The first-order chi connectivity index (χ1) is 17.5. The highest BCUT2D eigenvalue weighted by Gasteiger charge is 2.29. The fraction of sp³-hybridized carbons (Fsp3) is 0.444. The zero-order valence-electron chi connectivity index (χ0n) is 21.2. The Labute approximate surface area is 211 Å². The fourth-order valence-corrected chi connectivity index (χ4v) is 4.54. The normalized spacial score (nSPS) is 14.1. The molecule has 0 radical (unpaired) electrons. The predicted octanol–water partition coefficient (Wildman–Crippen LogP) is 3.97. The molecule has 1 aliphatic rings. The molecule has 0 unspecified atom stereocenters. The van der Waals surface area contributed by atoms with Gasteiger partial charge in [-0.25, -0.2) is 4.98 Å². The highest BCUT2D eigenvalue weighted by Crippen LogP contribution is 2.27. The van der Waals surface area contributed by atoms with Crippen LogP contribution in [0.4, 0.5) is 5.95 Å². The van der Waals surface area contributed by atoms with Gasteiger partial charge in [0.2, 0.25) is 11.9 Å². The van der Waals surface area contributed by atoms with Crippen LogP contribution in [-0.2, 0) is 16.1 Å². The predicted molar refractivity (Wildman–Crippen MR) is 138 cm³/mol. The highest BCUT2D eigenvalue weighted by atomic mass is 16.5. The van der Waals surface area contributed by atoms with Gasteiger partial charge in [-0.05, 0) is 50.5 Å². The van der Waals surface area contributed by atoms with Gasteiger partial charge in [0.1, 0.15) is 11.5 Å². The number of carbonyl (C=O) groups excluding carboxylic acids is 2. The van der Waals surface area contributed by atoms with Gasteiger partial charge in [-0.2, -0.15) is 0 Å². The summed E-state index contributed by atoms with van der Waals surface area (Å²) in [6.07, 6.45) is 2.00. The van der Waals surface area contributed by atoms with E-state index in [9.17, 15) is 9.59 Å². The van der Waals surface area contributed by atoms with Gasteiger partial charge in [0.05, 0.1) is 25.3 Å². The molecule has 1 aromatic heterocycles. The van der Waals surface area contributed by atoms with E-state index in [0.717, 1.165) is 17.5 Å². The quantitative estimate of drug-likeness (QED) is 0.429. The molecule has 2 aromatic carbocycles. The number of para-hydroxylation sites is 2. The van der Waals surface area contributed by atoms with Gasteiger partial charge in [0, 0.05) is 50.4 Å². The SMILES string of the molecule is CCOCCCn1c(NC(=O)C2CCN(C(=O)c3cc(OC)cc(OC)c3)CC2)nc2ccccc21. The zero-order chi connectivity index (χ0) is 25.5. The number of anilines is 1. The van der Waals surface area contributed by atoms with E-state index in [2.05, 4.69) is 10.3 Å². The van der Waals surface area contributed by atoms with Crippen molar-refractivity contribution in [2.45, 2.75) is 32.7 Å². The molecule has 0 saturated carbocycles. The molecule has 1 N–H and O–H groups in total. The lowest BCUT2D eigenvalue weighted by atomic mass is 9.95. The molecule has 1 fully saturated rings. The Hall–Kier alpha value is -3.59. The van der Waals surface area contributed by atoms with Crippen molar-refractivity contribution >= 4 is 28.8 Å². The number of fused-ring (bicyclic) bond motifs is 1. The molecule has 3 aromatic rings. The number of nitrogens with one attached hydrogen (secondary N) is 1. The number of rotatable bonds is 10. The minimum Gasteiger partial charge on any atom is -0.497 e. The lowest BCUT2D eigenvalue weighted by molar-refractivity contribution is -0.121. The molecule has 4 rings (SSSR count). The number of aromatic nitrogens is 2. The fourth-order valence-electron chi connectivity index (χ4n) is 4.54.